The van der Waals surface area contributed by atoms with Crippen molar-refractivity contribution in [2.75, 3.05) is 6.54 Å². The summed E-state index contributed by atoms with van der Waals surface area (Å²) in [6.07, 6.45) is 1.75. The SMILES string of the molecule is CC(=O)N1CCC[C@H](c2ccc(-c3ccccc3)cc2)[C@H]1C(N)=O. The first-order chi connectivity index (χ1) is 11.6. The number of nitrogens with zero attached hydrogens (tertiary/aromatic N) is 1. The predicted molar refractivity (Wildman–Crippen MR) is 94.2 cm³/mol. The highest BCUT2D eigenvalue weighted by Crippen LogP contribution is 2.33. The van der Waals surface area contributed by atoms with Gasteiger partial charge in [0.05, 0.1) is 0 Å². The van der Waals surface area contributed by atoms with Crippen LogP contribution in [0, 0.1) is 0 Å². The van der Waals surface area contributed by atoms with Gasteiger partial charge in [-0.25, -0.2) is 0 Å². The number of amides is 2. The molecule has 4 heteroatoms. The first-order valence-corrected chi connectivity index (χ1v) is 8.30. The Labute approximate surface area is 142 Å². The smallest absolute Gasteiger partial charge is 0.240 e. The van der Waals surface area contributed by atoms with Crippen LogP contribution in [0.25, 0.3) is 11.1 Å². The summed E-state index contributed by atoms with van der Waals surface area (Å²) < 4.78 is 0. The highest BCUT2D eigenvalue weighted by molar-refractivity contribution is 5.87. The molecule has 1 aliphatic rings. The maximum absolute atomic E-state index is 12.0. The Kier molecular flexibility index (Phi) is 4.65. The fourth-order valence-corrected chi connectivity index (χ4v) is 3.60. The lowest BCUT2D eigenvalue weighted by atomic mass is 9.82. The summed E-state index contributed by atoms with van der Waals surface area (Å²) in [6, 6.07) is 17.8. The topological polar surface area (TPSA) is 63.4 Å². The number of primary amides is 1. The van der Waals surface area contributed by atoms with Crippen molar-refractivity contribution >= 4 is 11.8 Å². The van der Waals surface area contributed by atoms with E-state index >= 15 is 0 Å². The molecular formula is C20H22N2O2. The molecule has 0 bridgehead atoms. The minimum atomic E-state index is -0.557. The molecule has 0 aliphatic carbocycles. The molecule has 0 saturated carbocycles. The van der Waals surface area contributed by atoms with Crippen molar-refractivity contribution in [2.45, 2.75) is 31.7 Å². The first-order valence-electron chi connectivity index (χ1n) is 8.30. The van der Waals surface area contributed by atoms with E-state index in [2.05, 4.69) is 24.3 Å². The first kappa shape index (κ1) is 16.2. The van der Waals surface area contributed by atoms with Gasteiger partial charge in [-0.2, -0.15) is 0 Å². The molecule has 2 atom stereocenters. The molecule has 0 aromatic heterocycles. The molecule has 24 heavy (non-hydrogen) atoms. The summed E-state index contributed by atoms with van der Waals surface area (Å²) >= 11 is 0. The third-order valence-corrected chi connectivity index (χ3v) is 4.77. The van der Waals surface area contributed by atoms with Gasteiger partial charge < -0.3 is 10.6 Å². The molecule has 1 aliphatic heterocycles. The number of carbonyl (C=O) groups is 2. The molecule has 1 fully saturated rings. The zero-order valence-corrected chi connectivity index (χ0v) is 13.8. The molecule has 2 aromatic carbocycles. The number of hydrogen-bond acceptors (Lipinski definition) is 2. The molecule has 2 aromatic rings. The third kappa shape index (κ3) is 3.18. The molecule has 2 N–H and O–H groups in total. The van der Waals surface area contributed by atoms with Crippen LogP contribution in [0.1, 0.15) is 31.2 Å². The highest BCUT2D eigenvalue weighted by atomic mass is 16.2. The lowest BCUT2D eigenvalue weighted by Gasteiger charge is -2.39. The van der Waals surface area contributed by atoms with Gasteiger partial charge in [0.15, 0.2) is 0 Å². The van der Waals surface area contributed by atoms with E-state index in [1.807, 2.05) is 30.3 Å². The Morgan fingerprint density at radius 3 is 2.21 bits per heavy atom. The Balaban J connectivity index is 1.89. The lowest BCUT2D eigenvalue weighted by molar-refractivity contribution is -0.140. The highest BCUT2D eigenvalue weighted by Gasteiger charge is 2.37. The summed E-state index contributed by atoms with van der Waals surface area (Å²) in [6.45, 7) is 2.10. The monoisotopic (exact) mass is 322 g/mol. The number of likely N-dealkylation sites (tertiary alicyclic amines) is 1. The average Bonchev–Trinajstić information content (AvgIpc) is 2.62. The lowest BCUT2D eigenvalue weighted by Crippen LogP contribution is -2.53. The van der Waals surface area contributed by atoms with Crippen molar-refractivity contribution in [1.29, 1.82) is 0 Å². The van der Waals surface area contributed by atoms with Crippen LogP contribution in [0.3, 0.4) is 0 Å². The number of benzene rings is 2. The molecule has 1 heterocycles. The zero-order chi connectivity index (χ0) is 17.1. The van der Waals surface area contributed by atoms with Crippen LogP contribution < -0.4 is 5.73 Å². The van der Waals surface area contributed by atoms with E-state index in [-0.39, 0.29) is 11.8 Å². The van der Waals surface area contributed by atoms with Gasteiger partial charge in [0.1, 0.15) is 6.04 Å². The van der Waals surface area contributed by atoms with Gasteiger partial charge in [0.25, 0.3) is 0 Å². The Morgan fingerprint density at radius 1 is 1.00 bits per heavy atom. The second kappa shape index (κ2) is 6.87. The molecule has 0 unspecified atom stereocenters. The van der Waals surface area contributed by atoms with Gasteiger partial charge in [-0.1, -0.05) is 54.6 Å². The third-order valence-electron chi connectivity index (χ3n) is 4.77. The fourth-order valence-electron chi connectivity index (χ4n) is 3.60. The van der Waals surface area contributed by atoms with Crippen molar-refractivity contribution in [2.24, 2.45) is 5.73 Å². The average molecular weight is 322 g/mol. The zero-order valence-electron chi connectivity index (χ0n) is 13.8. The molecule has 124 valence electrons. The van der Waals surface area contributed by atoms with Gasteiger partial charge in [-0.05, 0) is 29.5 Å². The number of carbonyl (C=O) groups excluding carboxylic acids is 2. The van der Waals surface area contributed by atoms with Crippen LogP contribution in [0.15, 0.2) is 54.6 Å². The van der Waals surface area contributed by atoms with E-state index in [9.17, 15) is 9.59 Å². The Bertz CT molecular complexity index is 725. The van der Waals surface area contributed by atoms with E-state index in [1.165, 1.54) is 6.92 Å². The van der Waals surface area contributed by atoms with Gasteiger partial charge in [-0.3, -0.25) is 9.59 Å². The van der Waals surface area contributed by atoms with Crippen molar-refractivity contribution in [3.05, 3.63) is 60.2 Å². The van der Waals surface area contributed by atoms with Crippen LogP contribution >= 0.6 is 0 Å². The maximum Gasteiger partial charge on any atom is 0.240 e. The van der Waals surface area contributed by atoms with E-state index in [0.717, 1.165) is 29.5 Å². The molecule has 4 nitrogen and oxygen atoms in total. The quantitative estimate of drug-likeness (QED) is 0.944. The van der Waals surface area contributed by atoms with Gasteiger partial charge in [0, 0.05) is 19.4 Å². The van der Waals surface area contributed by atoms with Crippen molar-refractivity contribution in [3.8, 4) is 11.1 Å². The number of nitrogens with two attached hydrogens (primary N) is 1. The number of hydrogen-bond donors (Lipinski definition) is 1. The minimum absolute atomic E-state index is 0.0371. The standard InChI is InChI=1S/C20H22N2O2/c1-14(23)22-13-5-8-18(19(22)20(21)24)17-11-9-16(10-12-17)15-6-3-2-4-7-15/h2-4,6-7,9-12,18-19H,5,8,13H2,1H3,(H2,21,24)/t18-,19+/m1/s1. The fraction of sp³-hybridized carbons (Fsp3) is 0.300. The molecule has 1 saturated heterocycles. The second-order valence-corrected chi connectivity index (χ2v) is 6.30. The van der Waals surface area contributed by atoms with Crippen molar-refractivity contribution < 1.29 is 9.59 Å². The molecule has 3 rings (SSSR count). The van der Waals surface area contributed by atoms with Crippen LogP contribution in [-0.2, 0) is 9.59 Å². The van der Waals surface area contributed by atoms with Crippen LogP contribution in [0.2, 0.25) is 0 Å². The summed E-state index contributed by atoms with van der Waals surface area (Å²) in [5.41, 5.74) is 8.96. The summed E-state index contributed by atoms with van der Waals surface area (Å²) in [4.78, 5) is 25.4. The predicted octanol–water partition coefficient (Wildman–Crippen LogP) is 2.93. The number of piperidine rings is 1. The van der Waals surface area contributed by atoms with Crippen molar-refractivity contribution in [3.63, 3.8) is 0 Å². The number of rotatable bonds is 3. The summed E-state index contributed by atoms with van der Waals surface area (Å²) in [5, 5.41) is 0. The molecule has 2 amide bonds. The largest absolute Gasteiger partial charge is 0.368 e. The summed E-state index contributed by atoms with van der Waals surface area (Å²) in [5.74, 6) is -0.559. The Morgan fingerprint density at radius 2 is 1.62 bits per heavy atom. The van der Waals surface area contributed by atoms with E-state index in [1.54, 1.807) is 4.90 Å². The van der Waals surface area contributed by atoms with E-state index in [4.69, 9.17) is 5.73 Å². The van der Waals surface area contributed by atoms with Gasteiger partial charge in [0.2, 0.25) is 11.8 Å². The summed E-state index contributed by atoms with van der Waals surface area (Å²) in [7, 11) is 0. The minimum Gasteiger partial charge on any atom is -0.368 e. The van der Waals surface area contributed by atoms with E-state index < -0.39 is 11.9 Å². The van der Waals surface area contributed by atoms with Crippen LogP contribution in [0.4, 0.5) is 0 Å². The van der Waals surface area contributed by atoms with Gasteiger partial charge >= 0.3 is 0 Å². The normalized spacial score (nSPS) is 20.6. The van der Waals surface area contributed by atoms with Crippen LogP contribution in [0.5, 0.6) is 0 Å². The molecule has 0 radical (unpaired) electrons. The van der Waals surface area contributed by atoms with Gasteiger partial charge in [-0.15, -0.1) is 0 Å². The molecular weight excluding hydrogens is 300 g/mol. The Hall–Kier alpha value is -2.62. The van der Waals surface area contributed by atoms with Crippen LogP contribution in [-0.4, -0.2) is 29.3 Å². The molecule has 0 spiro atoms. The second-order valence-electron chi connectivity index (χ2n) is 6.30. The van der Waals surface area contributed by atoms with Crippen molar-refractivity contribution in [1.82, 2.24) is 4.90 Å². The maximum atomic E-state index is 12.0. The van der Waals surface area contributed by atoms with E-state index in [0.29, 0.717) is 6.54 Å².